The van der Waals surface area contributed by atoms with Gasteiger partial charge < -0.3 is 19.8 Å². The standard InChI is InChI=1S/C19H33N3O2/c1-4-23-13-10-19(8-9-19)15-22-18(21-14-16(2)3)20-11-7-17-6-5-12-24-17/h5-6,12,16H,4,7-11,13-15H2,1-3H3,(H2,20,21,22). The highest BCUT2D eigenvalue weighted by molar-refractivity contribution is 5.79. The second-order valence-electron chi connectivity index (χ2n) is 7.14. The molecule has 2 rings (SSSR count). The first-order chi connectivity index (χ1) is 11.6. The third kappa shape index (κ3) is 6.95. The molecule has 5 nitrogen and oxygen atoms in total. The highest BCUT2D eigenvalue weighted by Crippen LogP contribution is 2.48. The van der Waals surface area contributed by atoms with Gasteiger partial charge in [0.25, 0.3) is 0 Å². The zero-order chi connectivity index (χ0) is 17.3. The topological polar surface area (TPSA) is 58.8 Å². The van der Waals surface area contributed by atoms with Gasteiger partial charge in [-0.3, -0.25) is 4.99 Å². The minimum absolute atomic E-state index is 0.378. The van der Waals surface area contributed by atoms with Crippen molar-refractivity contribution >= 4 is 5.96 Å². The summed E-state index contributed by atoms with van der Waals surface area (Å²) in [5.74, 6) is 2.51. The molecule has 1 aromatic rings. The SMILES string of the molecule is CCOCCC1(CN=C(NCCc2ccco2)NCC(C)C)CC1. The van der Waals surface area contributed by atoms with Crippen molar-refractivity contribution in [1.82, 2.24) is 10.6 Å². The van der Waals surface area contributed by atoms with Gasteiger partial charge in [0.15, 0.2) is 5.96 Å². The lowest BCUT2D eigenvalue weighted by atomic mass is 10.0. The van der Waals surface area contributed by atoms with E-state index in [4.69, 9.17) is 14.1 Å². The van der Waals surface area contributed by atoms with Crippen LogP contribution in [0.15, 0.2) is 27.8 Å². The lowest BCUT2D eigenvalue weighted by molar-refractivity contribution is 0.129. The van der Waals surface area contributed by atoms with Crippen LogP contribution in [-0.4, -0.2) is 38.8 Å². The fraction of sp³-hybridized carbons (Fsp3) is 0.737. The molecule has 1 heterocycles. The number of aliphatic imine (C=N–C) groups is 1. The summed E-state index contributed by atoms with van der Waals surface area (Å²) in [5.41, 5.74) is 0.378. The van der Waals surface area contributed by atoms with Gasteiger partial charge in [-0.2, -0.15) is 0 Å². The van der Waals surface area contributed by atoms with Gasteiger partial charge in [0.2, 0.25) is 0 Å². The molecule has 2 N–H and O–H groups in total. The quantitative estimate of drug-likeness (QED) is 0.370. The third-order valence-corrected chi connectivity index (χ3v) is 4.43. The minimum Gasteiger partial charge on any atom is -0.469 e. The second kappa shape index (κ2) is 9.72. The molecule has 0 unspecified atom stereocenters. The summed E-state index contributed by atoms with van der Waals surface area (Å²) in [7, 11) is 0. The maximum absolute atomic E-state index is 5.51. The van der Waals surface area contributed by atoms with Crippen molar-refractivity contribution < 1.29 is 9.15 Å². The van der Waals surface area contributed by atoms with Gasteiger partial charge in [0.1, 0.15) is 5.76 Å². The van der Waals surface area contributed by atoms with E-state index in [1.807, 2.05) is 12.1 Å². The van der Waals surface area contributed by atoms with Crippen molar-refractivity contribution in [3.05, 3.63) is 24.2 Å². The molecule has 1 aliphatic rings. The maximum atomic E-state index is 5.51. The van der Waals surface area contributed by atoms with Gasteiger partial charge in [-0.1, -0.05) is 13.8 Å². The second-order valence-corrected chi connectivity index (χ2v) is 7.14. The molecule has 1 saturated carbocycles. The Bertz CT molecular complexity index is 479. The van der Waals surface area contributed by atoms with Crippen molar-refractivity contribution in [3.8, 4) is 0 Å². The van der Waals surface area contributed by atoms with Crippen LogP contribution in [0.25, 0.3) is 0 Å². The number of nitrogens with one attached hydrogen (secondary N) is 2. The summed E-state index contributed by atoms with van der Waals surface area (Å²) in [4.78, 5) is 4.84. The summed E-state index contributed by atoms with van der Waals surface area (Å²) in [5, 5.41) is 6.87. The zero-order valence-corrected chi connectivity index (χ0v) is 15.4. The molecule has 0 spiro atoms. The largest absolute Gasteiger partial charge is 0.469 e. The molecular formula is C19H33N3O2. The van der Waals surface area contributed by atoms with E-state index in [0.29, 0.717) is 11.3 Å². The molecule has 136 valence electrons. The van der Waals surface area contributed by atoms with E-state index in [9.17, 15) is 0 Å². The van der Waals surface area contributed by atoms with Crippen LogP contribution in [0.4, 0.5) is 0 Å². The normalized spacial score (nSPS) is 16.4. The Hall–Kier alpha value is -1.49. The summed E-state index contributed by atoms with van der Waals surface area (Å²) in [6, 6.07) is 3.93. The van der Waals surface area contributed by atoms with Crippen LogP contribution in [0.3, 0.4) is 0 Å². The summed E-state index contributed by atoms with van der Waals surface area (Å²) < 4.78 is 10.9. The van der Waals surface area contributed by atoms with Crippen LogP contribution < -0.4 is 10.6 Å². The van der Waals surface area contributed by atoms with Gasteiger partial charge in [-0.05, 0) is 49.7 Å². The monoisotopic (exact) mass is 335 g/mol. The Morgan fingerprint density at radius 1 is 1.38 bits per heavy atom. The maximum Gasteiger partial charge on any atom is 0.191 e. The Balaban J connectivity index is 1.80. The van der Waals surface area contributed by atoms with Crippen LogP contribution in [0.1, 0.15) is 45.8 Å². The molecule has 1 aromatic heterocycles. The number of guanidine groups is 1. The van der Waals surface area contributed by atoms with Crippen LogP contribution in [-0.2, 0) is 11.2 Å². The van der Waals surface area contributed by atoms with Crippen molar-refractivity contribution in [2.45, 2.75) is 46.5 Å². The van der Waals surface area contributed by atoms with E-state index >= 15 is 0 Å². The number of hydrogen-bond donors (Lipinski definition) is 2. The van der Waals surface area contributed by atoms with E-state index < -0.39 is 0 Å². The fourth-order valence-electron chi connectivity index (χ4n) is 2.58. The summed E-state index contributed by atoms with van der Waals surface area (Å²) >= 11 is 0. The number of nitrogens with zero attached hydrogens (tertiary/aromatic N) is 1. The highest BCUT2D eigenvalue weighted by Gasteiger charge is 2.41. The Labute approximate surface area is 146 Å². The van der Waals surface area contributed by atoms with Crippen LogP contribution >= 0.6 is 0 Å². The Morgan fingerprint density at radius 3 is 2.83 bits per heavy atom. The van der Waals surface area contributed by atoms with Crippen molar-refractivity contribution in [3.63, 3.8) is 0 Å². The molecule has 0 aromatic carbocycles. The molecule has 0 radical (unpaired) electrons. The molecular weight excluding hydrogens is 302 g/mol. The first-order valence-electron chi connectivity index (χ1n) is 9.26. The van der Waals surface area contributed by atoms with Gasteiger partial charge >= 0.3 is 0 Å². The van der Waals surface area contributed by atoms with Gasteiger partial charge in [-0.15, -0.1) is 0 Å². The van der Waals surface area contributed by atoms with Gasteiger partial charge in [0.05, 0.1) is 6.26 Å². The number of rotatable bonds is 11. The smallest absolute Gasteiger partial charge is 0.191 e. The Kier molecular flexibility index (Phi) is 7.63. The molecule has 0 atom stereocenters. The van der Waals surface area contributed by atoms with E-state index in [1.54, 1.807) is 6.26 Å². The molecule has 1 aliphatic carbocycles. The third-order valence-electron chi connectivity index (χ3n) is 4.43. The number of hydrogen-bond acceptors (Lipinski definition) is 3. The average Bonchev–Trinajstić information content (AvgIpc) is 3.13. The lowest BCUT2D eigenvalue weighted by Gasteiger charge is -2.17. The van der Waals surface area contributed by atoms with Crippen LogP contribution in [0, 0.1) is 11.3 Å². The first-order valence-corrected chi connectivity index (χ1v) is 9.26. The highest BCUT2D eigenvalue weighted by atomic mass is 16.5. The van der Waals surface area contributed by atoms with E-state index in [0.717, 1.165) is 57.4 Å². The number of furan rings is 1. The van der Waals surface area contributed by atoms with E-state index in [2.05, 4.69) is 31.4 Å². The molecule has 0 aliphatic heterocycles. The minimum atomic E-state index is 0.378. The van der Waals surface area contributed by atoms with Gasteiger partial charge in [0, 0.05) is 39.3 Å². The van der Waals surface area contributed by atoms with Crippen LogP contribution in [0.5, 0.6) is 0 Å². The van der Waals surface area contributed by atoms with Gasteiger partial charge in [-0.25, -0.2) is 0 Å². The molecule has 0 saturated heterocycles. The van der Waals surface area contributed by atoms with Crippen molar-refractivity contribution in [1.29, 1.82) is 0 Å². The molecule has 5 heteroatoms. The summed E-state index contributed by atoms with van der Waals surface area (Å²) in [6.45, 7) is 10.8. The molecule has 1 fully saturated rings. The predicted octanol–water partition coefficient (Wildman–Crippen LogP) is 3.22. The molecule has 0 amide bonds. The molecule has 0 bridgehead atoms. The fourth-order valence-corrected chi connectivity index (χ4v) is 2.58. The van der Waals surface area contributed by atoms with Crippen molar-refractivity contribution in [2.24, 2.45) is 16.3 Å². The average molecular weight is 335 g/mol. The summed E-state index contributed by atoms with van der Waals surface area (Å²) in [6.07, 6.45) is 6.25. The zero-order valence-electron chi connectivity index (χ0n) is 15.4. The molecule has 24 heavy (non-hydrogen) atoms. The Morgan fingerprint density at radius 2 is 2.21 bits per heavy atom. The lowest BCUT2D eigenvalue weighted by Crippen LogP contribution is -2.40. The van der Waals surface area contributed by atoms with E-state index in [1.165, 1.54) is 12.8 Å². The first kappa shape index (κ1) is 18.8. The van der Waals surface area contributed by atoms with E-state index in [-0.39, 0.29) is 0 Å². The number of ether oxygens (including phenoxy) is 1. The van der Waals surface area contributed by atoms with Crippen LogP contribution in [0.2, 0.25) is 0 Å². The predicted molar refractivity (Wildman–Crippen MR) is 98.3 cm³/mol. The van der Waals surface area contributed by atoms with Crippen molar-refractivity contribution in [2.75, 3.05) is 32.8 Å².